The van der Waals surface area contributed by atoms with E-state index in [9.17, 15) is 18.0 Å². The monoisotopic (exact) mass is 417 g/mol. The minimum Gasteiger partial charge on any atom is -0.332 e. The Labute approximate surface area is 149 Å². The Morgan fingerprint density at radius 2 is 1.96 bits per heavy atom. The molecule has 0 spiro atoms. The van der Waals surface area contributed by atoms with Gasteiger partial charge in [-0.05, 0) is 49.0 Å². The first-order valence-electron chi connectivity index (χ1n) is 6.58. The van der Waals surface area contributed by atoms with Crippen LogP contribution in [0.2, 0.25) is 0 Å². The Balaban J connectivity index is 2.05. The van der Waals surface area contributed by atoms with E-state index >= 15 is 0 Å². The van der Waals surface area contributed by atoms with Crippen LogP contribution in [-0.2, 0) is 6.18 Å². The Hall–Kier alpha value is -2.00. The van der Waals surface area contributed by atoms with Crippen LogP contribution < -0.4 is 10.6 Å². The fourth-order valence-corrected chi connectivity index (χ4v) is 2.32. The van der Waals surface area contributed by atoms with Crippen LogP contribution in [0.5, 0.6) is 0 Å². The van der Waals surface area contributed by atoms with Crippen molar-refractivity contribution in [2.75, 3.05) is 5.32 Å². The van der Waals surface area contributed by atoms with Gasteiger partial charge in [0.1, 0.15) is 5.69 Å². The average Bonchev–Trinajstić information content (AvgIpc) is 2.49. The molecule has 0 atom stereocenters. The highest BCUT2D eigenvalue weighted by atomic mass is 79.9. The van der Waals surface area contributed by atoms with Gasteiger partial charge in [-0.15, -0.1) is 0 Å². The molecule has 2 N–H and O–H groups in total. The molecule has 0 aliphatic carbocycles. The number of pyridine rings is 1. The number of hydrogen-bond acceptors (Lipinski definition) is 3. The summed E-state index contributed by atoms with van der Waals surface area (Å²) < 4.78 is 38.6. The number of thiocarbonyl (C=S) groups is 1. The van der Waals surface area contributed by atoms with Crippen LogP contribution in [0.25, 0.3) is 0 Å². The molecule has 0 radical (unpaired) electrons. The minimum atomic E-state index is -4.56. The van der Waals surface area contributed by atoms with Crippen LogP contribution in [0, 0.1) is 6.92 Å². The molecule has 126 valence electrons. The summed E-state index contributed by atoms with van der Waals surface area (Å²) >= 11 is 8.27. The summed E-state index contributed by atoms with van der Waals surface area (Å²) in [4.78, 5) is 15.3. The molecule has 0 saturated heterocycles. The fourth-order valence-electron chi connectivity index (χ4n) is 1.74. The standard InChI is InChI=1S/C15H11BrF3N3OS/c1-8-2-3-9(6-11(8)16)13(23)22-14(24)21-10-4-5-20-12(7-10)15(17,18)19/h2-7H,1H3,(H2,20,21,22,23,24). The molecule has 0 aliphatic rings. The number of halogens is 4. The van der Waals surface area contributed by atoms with Gasteiger partial charge in [0.2, 0.25) is 0 Å². The molecule has 1 aromatic heterocycles. The van der Waals surface area contributed by atoms with E-state index in [0.29, 0.717) is 5.56 Å². The van der Waals surface area contributed by atoms with Crippen LogP contribution in [-0.4, -0.2) is 16.0 Å². The molecule has 2 rings (SSSR count). The maximum atomic E-state index is 12.6. The molecule has 4 nitrogen and oxygen atoms in total. The number of alkyl halides is 3. The number of anilines is 1. The zero-order valence-electron chi connectivity index (χ0n) is 12.2. The van der Waals surface area contributed by atoms with Crippen molar-refractivity contribution in [2.24, 2.45) is 0 Å². The van der Waals surface area contributed by atoms with E-state index in [0.717, 1.165) is 22.3 Å². The number of aryl methyl sites for hydroxylation is 1. The smallest absolute Gasteiger partial charge is 0.332 e. The summed E-state index contributed by atoms with van der Waals surface area (Å²) in [5.74, 6) is -0.474. The van der Waals surface area contributed by atoms with Crippen molar-refractivity contribution < 1.29 is 18.0 Å². The van der Waals surface area contributed by atoms with Gasteiger partial charge in [-0.1, -0.05) is 22.0 Å². The average molecular weight is 418 g/mol. The van der Waals surface area contributed by atoms with E-state index in [1.165, 1.54) is 6.07 Å². The number of rotatable bonds is 2. The van der Waals surface area contributed by atoms with Gasteiger partial charge in [0.15, 0.2) is 5.11 Å². The zero-order valence-corrected chi connectivity index (χ0v) is 14.6. The number of amides is 1. The molecule has 1 amide bonds. The molecule has 0 bridgehead atoms. The van der Waals surface area contributed by atoms with E-state index in [1.807, 2.05) is 6.92 Å². The molecule has 24 heavy (non-hydrogen) atoms. The highest BCUT2D eigenvalue weighted by Gasteiger charge is 2.32. The van der Waals surface area contributed by atoms with Crippen molar-refractivity contribution in [3.05, 3.63) is 57.8 Å². The van der Waals surface area contributed by atoms with E-state index in [2.05, 4.69) is 31.5 Å². The molecule has 0 unspecified atom stereocenters. The molecule has 9 heteroatoms. The lowest BCUT2D eigenvalue weighted by Gasteiger charge is -2.12. The molecule has 2 aromatic rings. The summed E-state index contributed by atoms with van der Waals surface area (Å²) in [6.07, 6.45) is -3.55. The predicted molar refractivity (Wildman–Crippen MR) is 91.8 cm³/mol. The first-order chi connectivity index (χ1) is 11.2. The van der Waals surface area contributed by atoms with Gasteiger partial charge in [0.05, 0.1) is 0 Å². The van der Waals surface area contributed by atoms with E-state index in [-0.39, 0.29) is 10.8 Å². The third-order valence-electron chi connectivity index (χ3n) is 2.97. The number of benzene rings is 1. The maximum absolute atomic E-state index is 12.6. The molecular formula is C15H11BrF3N3OS. The Morgan fingerprint density at radius 3 is 2.58 bits per heavy atom. The third kappa shape index (κ3) is 4.75. The number of hydrogen-bond donors (Lipinski definition) is 2. The van der Waals surface area contributed by atoms with E-state index in [1.54, 1.807) is 18.2 Å². The molecule has 0 saturated carbocycles. The second-order valence-electron chi connectivity index (χ2n) is 4.80. The molecule has 0 aliphatic heterocycles. The third-order valence-corrected chi connectivity index (χ3v) is 4.03. The molecule has 0 fully saturated rings. The summed E-state index contributed by atoms with van der Waals surface area (Å²) in [5, 5.41) is 4.82. The Bertz CT molecular complexity index is 796. The van der Waals surface area contributed by atoms with Crippen LogP contribution >= 0.6 is 28.1 Å². The second-order valence-corrected chi connectivity index (χ2v) is 6.06. The number of nitrogens with one attached hydrogen (secondary N) is 2. The van der Waals surface area contributed by atoms with Gasteiger partial charge in [0.25, 0.3) is 5.91 Å². The van der Waals surface area contributed by atoms with Gasteiger partial charge in [-0.3, -0.25) is 15.1 Å². The lowest BCUT2D eigenvalue weighted by Crippen LogP contribution is -2.34. The van der Waals surface area contributed by atoms with E-state index < -0.39 is 17.8 Å². The van der Waals surface area contributed by atoms with E-state index in [4.69, 9.17) is 12.2 Å². The van der Waals surface area contributed by atoms with Gasteiger partial charge in [-0.2, -0.15) is 13.2 Å². The summed E-state index contributed by atoms with van der Waals surface area (Å²) in [6.45, 7) is 1.87. The quantitative estimate of drug-likeness (QED) is 0.715. The van der Waals surface area contributed by atoms with Gasteiger partial charge in [0, 0.05) is 21.9 Å². The van der Waals surface area contributed by atoms with Gasteiger partial charge < -0.3 is 5.32 Å². The second kappa shape index (κ2) is 7.27. The van der Waals surface area contributed by atoms with Crippen molar-refractivity contribution in [1.82, 2.24) is 10.3 Å². The zero-order chi connectivity index (χ0) is 17.9. The normalized spacial score (nSPS) is 11.0. The van der Waals surface area contributed by atoms with Crippen LogP contribution in [0.3, 0.4) is 0 Å². The van der Waals surface area contributed by atoms with Crippen LogP contribution in [0.15, 0.2) is 41.0 Å². The maximum Gasteiger partial charge on any atom is 0.433 e. The topological polar surface area (TPSA) is 54.0 Å². The number of carbonyl (C=O) groups is 1. The molecule has 1 heterocycles. The SMILES string of the molecule is Cc1ccc(C(=O)NC(=S)Nc2ccnc(C(F)(F)F)c2)cc1Br. The number of aromatic nitrogens is 1. The molecular weight excluding hydrogens is 407 g/mol. The van der Waals surface area contributed by atoms with Crippen LogP contribution in [0.1, 0.15) is 21.6 Å². The lowest BCUT2D eigenvalue weighted by molar-refractivity contribution is -0.141. The van der Waals surface area contributed by atoms with Crippen molar-refractivity contribution in [2.45, 2.75) is 13.1 Å². The van der Waals surface area contributed by atoms with Crippen molar-refractivity contribution >= 4 is 44.9 Å². The first-order valence-corrected chi connectivity index (χ1v) is 7.78. The summed E-state index contributed by atoms with van der Waals surface area (Å²) in [7, 11) is 0. The first kappa shape index (κ1) is 18.3. The highest BCUT2D eigenvalue weighted by Crippen LogP contribution is 2.28. The molecule has 1 aromatic carbocycles. The summed E-state index contributed by atoms with van der Waals surface area (Å²) in [5.41, 5.74) is 0.350. The highest BCUT2D eigenvalue weighted by molar-refractivity contribution is 9.10. The fraction of sp³-hybridized carbons (Fsp3) is 0.133. The lowest BCUT2D eigenvalue weighted by atomic mass is 10.1. The van der Waals surface area contributed by atoms with Crippen molar-refractivity contribution in [3.63, 3.8) is 0 Å². The number of carbonyl (C=O) groups excluding carboxylic acids is 1. The largest absolute Gasteiger partial charge is 0.433 e. The Morgan fingerprint density at radius 1 is 1.25 bits per heavy atom. The van der Waals surface area contributed by atoms with Gasteiger partial charge in [-0.25, -0.2) is 0 Å². The van der Waals surface area contributed by atoms with Crippen LogP contribution in [0.4, 0.5) is 18.9 Å². The van der Waals surface area contributed by atoms with Crippen molar-refractivity contribution in [3.8, 4) is 0 Å². The van der Waals surface area contributed by atoms with Gasteiger partial charge >= 0.3 is 6.18 Å². The van der Waals surface area contributed by atoms with Crippen molar-refractivity contribution in [1.29, 1.82) is 0 Å². The predicted octanol–water partition coefficient (Wildman–Crippen LogP) is 4.30. The minimum absolute atomic E-state index is 0.0766. The number of nitrogens with zero attached hydrogens (tertiary/aromatic N) is 1. The Kier molecular flexibility index (Phi) is 5.55. The summed E-state index contributed by atoms with van der Waals surface area (Å²) in [6, 6.07) is 7.12.